The van der Waals surface area contributed by atoms with E-state index in [9.17, 15) is 4.79 Å². The molecule has 2 rings (SSSR count). The van der Waals surface area contributed by atoms with E-state index in [0.717, 1.165) is 11.3 Å². The van der Waals surface area contributed by atoms with Gasteiger partial charge in [-0.15, -0.1) is 11.3 Å². The van der Waals surface area contributed by atoms with Crippen molar-refractivity contribution < 1.29 is 4.79 Å². The Morgan fingerprint density at radius 1 is 1.41 bits per heavy atom. The second-order valence-corrected chi connectivity index (χ2v) is 4.58. The molecule has 0 saturated heterocycles. The Hall–Kier alpha value is -1.68. The first-order valence-electron chi connectivity index (χ1n) is 5.44. The zero-order valence-corrected chi connectivity index (χ0v) is 10.5. The number of carbonyl (C=O) groups excluding carboxylic acids is 1. The van der Waals surface area contributed by atoms with Gasteiger partial charge in [-0.2, -0.15) is 0 Å². The molecule has 0 aliphatic rings. The average molecular weight is 246 g/mol. The molecule has 0 spiro atoms. The number of aromatic nitrogens is 1. The van der Waals surface area contributed by atoms with Crippen molar-refractivity contribution in [2.45, 2.75) is 19.9 Å². The van der Waals surface area contributed by atoms with E-state index in [1.807, 2.05) is 36.6 Å². The first-order valence-corrected chi connectivity index (χ1v) is 6.38. The lowest BCUT2D eigenvalue weighted by molar-refractivity contribution is -0.120. The summed E-state index contributed by atoms with van der Waals surface area (Å²) in [5, 5.41) is 4.80. The third-order valence-corrected chi connectivity index (χ3v) is 3.20. The summed E-state index contributed by atoms with van der Waals surface area (Å²) in [6.45, 7) is 2.62. The summed E-state index contributed by atoms with van der Waals surface area (Å²) in [6.07, 6.45) is 0.357. The van der Waals surface area contributed by atoms with Crippen LogP contribution in [0.2, 0.25) is 0 Å². The molecule has 1 N–H and O–H groups in total. The summed E-state index contributed by atoms with van der Waals surface area (Å²) < 4.78 is 0. The summed E-state index contributed by atoms with van der Waals surface area (Å²) in [6, 6.07) is 8.05. The molecule has 17 heavy (non-hydrogen) atoms. The highest BCUT2D eigenvalue weighted by molar-refractivity contribution is 7.07. The van der Waals surface area contributed by atoms with E-state index in [4.69, 9.17) is 0 Å². The van der Waals surface area contributed by atoms with Crippen LogP contribution in [-0.2, 0) is 17.8 Å². The van der Waals surface area contributed by atoms with Crippen LogP contribution in [0.3, 0.4) is 0 Å². The molecule has 88 valence electrons. The number of hydrogen-bond donors (Lipinski definition) is 1. The van der Waals surface area contributed by atoms with Gasteiger partial charge in [0.1, 0.15) is 0 Å². The fourth-order valence-electron chi connectivity index (χ4n) is 1.55. The number of nitrogens with zero attached hydrogens (tertiary/aromatic N) is 1. The van der Waals surface area contributed by atoms with E-state index in [2.05, 4.69) is 10.3 Å². The SMILES string of the molecule is Cc1ccccc1CNC(=O)Cc1cscn1. The van der Waals surface area contributed by atoms with Crippen LogP contribution in [0.15, 0.2) is 35.2 Å². The molecule has 0 aliphatic heterocycles. The quantitative estimate of drug-likeness (QED) is 0.899. The number of carbonyl (C=O) groups is 1. The van der Waals surface area contributed by atoms with Gasteiger partial charge in [-0.3, -0.25) is 4.79 Å². The third-order valence-electron chi connectivity index (χ3n) is 2.56. The number of aryl methyl sites for hydroxylation is 1. The van der Waals surface area contributed by atoms with Gasteiger partial charge in [-0.1, -0.05) is 24.3 Å². The molecule has 1 amide bonds. The van der Waals surface area contributed by atoms with Crippen molar-refractivity contribution in [3.8, 4) is 0 Å². The van der Waals surface area contributed by atoms with Crippen LogP contribution in [0.4, 0.5) is 0 Å². The Labute approximate surface area is 105 Å². The summed E-state index contributed by atoms with van der Waals surface area (Å²) in [5.74, 6) is 0.0131. The molecule has 0 fully saturated rings. The maximum absolute atomic E-state index is 11.6. The van der Waals surface area contributed by atoms with Crippen LogP contribution in [0.1, 0.15) is 16.8 Å². The zero-order valence-electron chi connectivity index (χ0n) is 9.64. The molecule has 0 unspecified atom stereocenters. The molecule has 4 heteroatoms. The molecule has 1 aromatic heterocycles. The first-order chi connectivity index (χ1) is 8.25. The fourth-order valence-corrected chi connectivity index (χ4v) is 2.11. The number of rotatable bonds is 4. The van der Waals surface area contributed by atoms with Crippen molar-refractivity contribution in [1.82, 2.24) is 10.3 Å². The predicted molar refractivity (Wildman–Crippen MR) is 68.8 cm³/mol. The topological polar surface area (TPSA) is 42.0 Å². The average Bonchev–Trinajstić information content (AvgIpc) is 2.81. The largest absolute Gasteiger partial charge is 0.352 e. The minimum Gasteiger partial charge on any atom is -0.352 e. The molecular formula is C13H14N2OS. The van der Waals surface area contributed by atoms with E-state index in [-0.39, 0.29) is 5.91 Å². The Morgan fingerprint density at radius 3 is 2.94 bits per heavy atom. The van der Waals surface area contributed by atoms with Gasteiger partial charge in [0, 0.05) is 11.9 Å². The minimum atomic E-state index is 0.0131. The van der Waals surface area contributed by atoms with E-state index >= 15 is 0 Å². The van der Waals surface area contributed by atoms with Gasteiger partial charge in [0.25, 0.3) is 0 Å². The molecule has 1 aromatic carbocycles. The highest BCUT2D eigenvalue weighted by Crippen LogP contribution is 2.06. The summed E-state index contributed by atoms with van der Waals surface area (Å²) in [4.78, 5) is 15.7. The predicted octanol–water partition coefficient (Wildman–Crippen LogP) is 2.31. The van der Waals surface area contributed by atoms with Crippen LogP contribution in [0.25, 0.3) is 0 Å². The number of hydrogen-bond acceptors (Lipinski definition) is 3. The second-order valence-electron chi connectivity index (χ2n) is 3.86. The van der Waals surface area contributed by atoms with E-state index in [0.29, 0.717) is 13.0 Å². The van der Waals surface area contributed by atoms with Gasteiger partial charge in [-0.25, -0.2) is 4.98 Å². The summed E-state index contributed by atoms with van der Waals surface area (Å²) in [5.41, 5.74) is 4.92. The van der Waals surface area contributed by atoms with Crippen molar-refractivity contribution in [3.63, 3.8) is 0 Å². The number of thiazole rings is 1. The molecule has 0 saturated carbocycles. The van der Waals surface area contributed by atoms with Crippen molar-refractivity contribution in [2.75, 3.05) is 0 Å². The van der Waals surface area contributed by atoms with E-state index < -0.39 is 0 Å². The highest BCUT2D eigenvalue weighted by atomic mass is 32.1. The minimum absolute atomic E-state index is 0.0131. The standard InChI is InChI=1S/C13H14N2OS/c1-10-4-2-3-5-11(10)7-14-13(16)6-12-8-17-9-15-12/h2-5,8-9H,6-7H2,1H3,(H,14,16). The number of benzene rings is 1. The lowest BCUT2D eigenvalue weighted by Gasteiger charge is -2.06. The smallest absolute Gasteiger partial charge is 0.226 e. The first kappa shape index (κ1) is 11.8. The van der Waals surface area contributed by atoms with Crippen LogP contribution in [-0.4, -0.2) is 10.9 Å². The highest BCUT2D eigenvalue weighted by Gasteiger charge is 2.05. The Bertz CT molecular complexity index is 494. The molecule has 1 heterocycles. The van der Waals surface area contributed by atoms with Crippen LogP contribution in [0, 0.1) is 6.92 Å². The van der Waals surface area contributed by atoms with Gasteiger partial charge in [0.05, 0.1) is 17.6 Å². The normalized spacial score (nSPS) is 10.2. The molecule has 0 bridgehead atoms. The van der Waals surface area contributed by atoms with Crippen molar-refractivity contribution in [1.29, 1.82) is 0 Å². The molecule has 3 nitrogen and oxygen atoms in total. The van der Waals surface area contributed by atoms with E-state index in [1.165, 1.54) is 16.9 Å². The number of nitrogens with one attached hydrogen (secondary N) is 1. The van der Waals surface area contributed by atoms with Crippen molar-refractivity contribution in [3.05, 3.63) is 52.0 Å². The second kappa shape index (κ2) is 5.59. The van der Waals surface area contributed by atoms with Gasteiger partial charge in [0.15, 0.2) is 0 Å². The molecule has 0 radical (unpaired) electrons. The maximum Gasteiger partial charge on any atom is 0.226 e. The van der Waals surface area contributed by atoms with Gasteiger partial charge >= 0.3 is 0 Å². The Morgan fingerprint density at radius 2 is 2.24 bits per heavy atom. The Kier molecular flexibility index (Phi) is 3.88. The fraction of sp³-hybridized carbons (Fsp3) is 0.231. The summed E-state index contributed by atoms with van der Waals surface area (Å²) >= 11 is 1.51. The molecular weight excluding hydrogens is 232 g/mol. The monoisotopic (exact) mass is 246 g/mol. The van der Waals surface area contributed by atoms with E-state index in [1.54, 1.807) is 5.51 Å². The van der Waals surface area contributed by atoms with Crippen LogP contribution >= 0.6 is 11.3 Å². The summed E-state index contributed by atoms with van der Waals surface area (Å²) in [7, 11) is 0. The molecule has 0 atom stereocenters. The van der Waals surface area contributed by atoms with Gasteiger partial charge < -0.3 is 5.32 Å². The molecule has 0 aliphatic carbocycles. The molecule has 2 aromatic rings. The van der Waals surface area contributed by atoms with Crippen LogP contribution < -0.4 is 5.32 Å². The number of amides is 1. The lowest BCUT2D eigenvalue weighted by Crippen LogP contribution is -2.24. The van der Waals surface area contributed by atoms with Gasteiger partial charge in [-0.05, 0) is 18.1 Å². The van der Waals surface area contributed by atoms with Gasteiger partial charge in [0.2, 0.25) is 5.91 Å². The zero-order chi connectivity index (χ0) is 12.1. The van der Waals surface area contributed by atoms with Crippen molar-refractivity contribution >= 4 is 17.2 Å². The third kappa shape index (κ3) is 3.39. The van der Waals surface area contributed by atoms with Crippen molar-refractivity contribution in [2.24, 2.45) is 0 Å². The lowest BCUT2D eigenvalue weighted by atomic mass is 10.1. The maximum atomic E-state index is 11.6. The van der Waals surface area contributed by atoms with Crippen LogP contribution in [0.5, 0.6) is 0 Å². The Balaban J connectivity index is 1.86.